The van der Waals surface area contributed by atoms with Crippen molar-refractivity contribution in [2.45, 2.75) is 32.2 Å². The molecule has 0 atom stereocenters. The maximum Gasteiger partial charge on any atom is 0.343 e. The summed E-state index contributed by atoms with van der Waals surface area (Å²) in [5.41, 5.74) is -0.107. The average Bonchev–Trinajstić information content (AvgIpc) is 2.35. The van der Waals surface area contributed by atoms with E-state index in [1.807, 2.05) is 0 Å². The van der Waals surface area contributed by atoms with Crippen molar-refractivity contribution in [1.29, 1.82) is 0 Å². The largest absolute Gasteiger partial charge is 0.477 e. The number of hydrogen-bond acceptors (Lipinski definition) is 4. The van der Waals surface area contributed by atoms with Crippen LogP contribution in [0, 0.1) is 16.0 Å². The molecule has 0 aliphatic heterocycles. The topological polar surface area (TPSA) is 92.5 Å². The first-order valence-corrected chi connectivity index (χ1v) is 6.80. The Morgan fingerprint density at radius 3 is 2.75 bits per heavy atom. The van der Waals surface area contributed by atoms with Crippen molar-refractivity contribution < 1.29 is 14.8 Å². The highest BCUT2D eigenvalue weighted by Crippen LogP contribution is 2.28. The van der Waals surface area contributed by atoms with Crippen LogP contribution in [0.2, 0.25) is 0 Å². The summed E-state index contributed by atoms with van der Waals surface area (Å²) >= 11 is 0. The SMILES string of the molecule is O=C(O)c1c(CNCCC2CCC2)cccc1[N+](=O)[O-]. The number of nitrogens with one attached hydrogen (secondary N) is 1. The van der Waals surface area contributed by atoms with Gasteiger partial charge in [-0.1, -0.05) is 31.4 Å². The minimum Gasteiger partial charge on any atom is -0.477 e. The summed E-state index contributed by atoms with van der Waals surface area (Å²) in [6, 6.07) is 4.36. The van der Waals surface area contributed by atoms with Crippen molar-refractivity contribution in [3.8, 4) is 0 Å². The molecule has 0 aromatic heterocycles. The van der Waals surface area contributed by atoms with Crippen molar-refractivity contribution in [2.24, 2.45) is 5.92 Å². The zero-order valence-electron chi connectivity index (χ0n) is 11.2. The van der Waals surface area contributed by atoms with Crippen LogP contribution >= 0.6 is 0 Å². The van der Waals surface area contributed by atoms with Gasteiger partial charge in [-0.25, -0.2) is 4.79 Å². The molecule has 0 amide bonds. The lowest BCUT2D eigenvalue weighted by atomic mass is 9.83. The number of benzene rings is 1. The van der Waals surface area contributed by atoms with Crippen LogP contribution in [0.1, 0.15) is 41.6 Å². The van der Waals surface area contributed by atoms with E-state index in [9.17, 15) is 14.9 Å². The molecule has 1 aromatic rings. The van der Waals surface area contributed by atoms with Gasteiger partial charge in [0.25, 0.3) is 5.69 Å². The van der Waals surface area contributed by atoms with E-state index in [2.05, 4.69) is 5.32 Å². The fraction of sp³-hybridized carbons (Fsp3) is 0.500. The number of aromatic carboxylic acids is 1. The van der Waals surface area contributed by atoms with Gasteiger partial charge in [0.1, 0.15) is 5.56 Å². The fourth-order valence-electron chi connectivity index (χ4n) is 2.44. The van der Waals surface area contributed by atoms with Crippen molar-refractivity contribution in [3.63, 3.8) is 0 Å². The van der Waals surface area contributed by atoms with Gasteiger partial charge in [0, 0.05) is 12.6 Å². The third-order valence-corrected chi connectivity index (χ3v) is 3.81. The molecule has 1 aromatic carbocycles. The Morgan fingerprint density at radius 1 is 1.45 bits per heavy atom. The summed E-state index contributed by atoms with van der Waals surface area (Å²) in [5, 5.41) is 23.2. The molecule has 2 rings (SSSR count). The van der Waals surface area contributed by atoms with Gasteiger partial charge in [0.15, 0.2) is 0 Å². The van der Waals surface area contributed by atoms with Crippen LogP contribution in [0.4, 0.5) is 5.69 Å². The van der Waals surface area contributed by atoms with Crippen LogP contribution in [0.3, 0.4) is 0 Å². The third kappa shape index (κ3) is 3.33. The number of carboxylic acids is 1. The Labute approximate surface area is 117 Å². The molecule has 108 valence electrons. The molecule has 6 nitrogen and oxygen atoms in total. The number of rotatable bonds is 7. The molecule has 1 aliphatic carbocycles. The van der Waals surface area contributed by atoms with Gasteiger partial charge < -0.3 is 10.4 Å². The molecule has 6 heteroatoms. The summed E-state index contributed by atoms with van der Waals surface area (Å²) in [4.78, 5) is 21.4. The van der Waals surface area contributed by atoms with Gasteiger partial charge in [-0.05, 0) is 24.4 Å². The van der Waals surface area contributed by atoms with E-state index in [-0.39, 0.29) is 11.3 Å². The normalized spacial score (nSPS) is 14.8. The first-order valence-electron chi connectivity index (χ1n) is 6.80. The van der Waals surface area contributed by atoms with Crippen LogP contribution < -0.4 is 5.32 Å². The van der Waals surface area contributed by atoms with Crippen LogP contribution in [0.25, 0.3) is 0 Å². The monoisotopic (exact) mass is 278 g/mol. The zero-order chi connectivity index (χ0) is 14.5. The van der Waals surface area contributed by atoms with Gasteiger partial charge in [-0.3, -0.25) is 10.1 Å². The molecular weight excluding hydrogens is 260 g/mol. The fourth-order valence-corrected chi connectivity index (χ4v) is 2.44. The number of nitro groups is 1. The van der Waals surface area contributed by atoms with Crippen molar-refractivity contribution >= 4 is 11.7 Å². The molecule has 1 aliphatic rings. The van der Waals surface area contributed by atoms with Crippen molar-refractivity contribution in [3.05, 3.63) is 39.4 Å². The van der Waals surface area contributed by atoms with E-state index < -0.39 is 10.9 Å². The molecule has 1 saturated carbocycles. The highest BCUT2D eigenvalue weighted by molar-refractivity contribution is 5.94. The minimum atomic E-state index is -1.26. The Kier molecular flexibility index (Phi) is 4.68. The number of nitro benzene ring substituents is 1. The molecule has 2 N–H and O–H groups in total. The summed E-state index contributed by atoms with van der Waals surface area (Å²) in [6.45, 7) is 1.16. The van der Waals surface area contributed by atoms with E-state index in [4.69, 9.17) is 5.11 Å². The summed E-state index contributed by atoms with van der Waals surface area (Å²) < 4.78 is 0. The predicted molar refractivity (Wildman–Crippen MR) is 73.7 cm³/mol. The molecule has 20 heavy (non-hydrogen) atoms. The van der Waals surface area contributed by atoms with Crippen LogP contribution in [0.15, 0.2) is 18.2 Å². The van der Waals surface area contributed by atoms with Crippen molar-refractivity contribution in [2.75, 3.05) is 6.54 Å². The van der Waals surface area contributed by atoms with Crippen molar-refractivity contribution in [1.82, 2.24) is 5.32 Å². The maximum atomic E-state index is 11.2. The van der Waals surface area contributed by atoms with Gasteiger partial charge in [-0.2, -0.15) is 0 Å². The first-order chi connectivity index (χ1) is 9.59. The lowest BCUT2D eigenvalue weighted by Gasteiger charge is -2.25. The smallest absolute Gasteiger partial charge is 0.343 e. The lowest BCUT2D eigenvalue weighted by molar-refractivity contribution is -0.385. The Hall–Kier alpha value is -1.95. The predicted octanol–water partition coefficient (Wildman–Crippen LogP) is 2.57. The summed E-state index contributed by atoms with van der Waals surface area (Å²) in [5.74, 6) is -0.473. The van der Waals surface area contributed by atoms with E-state index in [0.29, 0.717) is 12.1 Å². The van der Waals surface area contributed by atoms with E-state index >= 15 is 0 Å². The molecule has 0 unspecified atom stereocenters. The molecular formula is C14H18N2O4. The third-order valence-electron chi connectivity index (χ3n) is 3.81. The molecule has 1 fully saturated rings. The van der Waals surface area contributed by atoms with E-state index in [1.165, 1.54) is 31.4 Å². The second kappa shape index (κ2) is 6.47. The van der Waals surface area contributed by atoms with Crippen LogP contribution in [-0.4, -0.2) is 22.5 Å². The average molecular weight is 278 g/mol. The lowest BCUT2D eigenvalue weighted by Crippen LogP contribution is -2.22. The first kappa shape index (κ1) is 14.5. The number of carbonyl (C=O) groups is 1. The summed E-state index contributed by atoms with van der Waals surface area (Å²) in [7, 11) is 0. The van der Waals surface area contributed by atoms with Crippen LogP contribution in [0.5, 0.6) is 0 Å². The van der Waals surface area contributed by atoms with Gasteiger partial charge in [0.2, 0.25) is 0 Å². The Balaban J connectivity index is 2.00. The molecule has 0 spiro atoms. The van der Waals surface area contributed by atoms with Gasteiger partial charge in [-0.15, -0.1) is 0 Å². The van der Waals surface area contributed by atoms with Gasteiger partial charge in [0.05, 0.1) is 4.92 Å². The highest BCUT2D eigenvalue weighted by atomic mass is 16.6. The summed E-state index contributed by atoms with van der Waals surface area (Å²) in [6.07, 6.45) is 4.94. The number of nitrogens with zero attached hydrogens (tertiary/aromatic N) is 1. The molecule has 0 bridgehead atoms. The number of hydrogen-bond donors (Lipinski definition) is 2. The highest BCUT2D eigenvalue weighted by Gasteiger charge is 2.23. The van der Waals surface area contributed by atoms with Crippen LogP contribution in [-0.2, 0) is 6.54 Å². The van der Waals surface area contributed by atoms with Gasteiger partial charge >= 0.3 is 5.97 Å². The second-order valence-electron chi connectivity index (χ2n) is 5.14. The molecule has 0 heterocycles. The van der Waals surface area contributed by atoms with E-state index in [0.717, 1.165) is 18.9 Å². The maximum absolute atomic E-state index is 11.2. The Morgan fingerprint density at radius 2 is 2.20 bits per heavy atom. The second-order valence-corrected chi connectivity index (χ2v) is 5.14. The molecule has 0 saturated heterocycles. The zero-order valence-corrected chi connectivity index (χ0v) is 11.2. The Bertz CT molecular complexity index is 512. The minimum absolute atomic E-state index is 0.214. The van der Waals surface area contributed by atoms with E-state index in [1.54, 1.807) is 6.07 Å². The number of carboxylic acid groups (broad SMARTS) is 1. The quantitative estimate of drug-likeness (QED) is 0.454. The molecule has 0 radical (unpaired) electrons. The standard InChI is InChI=1S/C14H18N2O4/c17-14(18)13-11(5-2-6-12(13)16(19)20)9-15-8-7-10-3-1-4-10/h2,5-6,10,15H,1,3-4,7-9H2,(H,17,18).